The average Bonchev–Trinajstić information content (AvgIpc) is 3.92. The minimum Gasteiger partial charge on any atom is -0.245 e. The van der Waals surface area contributed by atoms with E-state index in [0.717, 1.165) is 49.4 Å². The van der Waals surface area contributed by atoms with Gasteiger partial charge in [-0.25, -0.2) is 29.1 Å². The molecule has 11 aromatic rings. The molecule has 266 valence electrons. The first-order chi connectivity index (χ1) is 28.3. The van der Waals surface area contributed by atoms with Crippen molar-refractivity contribution in [1.82, 2.24) is 44.0 Å². The molecule has 0 spiro atoms. The molecule has 0 saturated heterocycles. The summed E-state index contributed by atoms with van der Waals surface area (Å²) in [5.74, 6) is 1.26. The van der Waals surface area contributed by atoms with Gasteiger partial charge in [0.15, 0.2) is 5.82 Å². The molecule has 0 atom stereocenters. The van der Waals surface area contributed by atoms with E-state index in [1.54, 1.807) is 24.8 Å². The molecule has 0 amide bonds. The number of nitrogens with zero attached hydrogens (tertiary/aromatic N) is 9. The largest absolute Gasteiger partial charge is 0.245 e. The van der Waals surface area contributed by atoms with Gasteiger partial charge in [-0.15, -0.1) is 0 Å². The smallest absolute Gasteiger partial charge is 0.242 e. The monoisotopic (exact) mass is 731 g/mol. The Kier molecular flexibility index (Phi) is 6.64. The third-order valence-corrected chi connectivity index (χ3v) is 11.3. The molecule has 0 unspecified atom stereocenters. The zero-order valence-electron chi connectivity index (χ0n) is 30.3. The Labute approximate surface area is 325 Å². The second-order valence-electron chi connectivity index (χ2n) is 14.2. The van der Waals surface area contributed by atoms with Crippen LogP contribution in [0.5, 0.6) is 0 Å². The lowest BCUT2D eigenvalue weighted by Gasteiger charge is -2.35. The predicted molar refractivity (Wildman–Crippen MR) is 222 cm³/mol. The van der Waals surface area contributed by atoms with Gasteiger partial charge in [-0.2, -0.15) is 15.0 Å². The summed E-state index contributed by atoms with van der Waals surface area (Å²) in [7, 11) is 0. The van der Waals surface area contributed by atoms with Crippen LogP contribution in [0.1, 0.15) is 22.3 Å². The minimum absolute atomic E-state index is 0.382. The number of fused-ring (bicyclic) bond motifs is 9. The van der Waals surface area contributed by atoms with Gasteiger partial charge in [-0.05, 0) is 81.9 Å². The third-order valence-electron chi connectivity index (χ3n) is 11.3. The van der Waals surface area contributed by atoms with Crippen molar-refractivity contribution in [2.24, 2.45) is 0 Å². The molecule has 0 saturated carbocycles. The summed E-state index contributed by atoms with van der Waals surface area (Å²) in [5.41, 5.74) is 9.86. The van der Waals surface area contributed by atoms with Gasteiger partial charge in [0.2, 0.25) is 11.9 Å². The fraction of sp³-hybridized carbons (Fsp3) is 0.0208. The Morgan fingerprint density at radius 2 is 0.772 bits per heavy atom. The molecule has 1 aliphatic rings. The molecular weight excluding hydrogens is 703 g/mol. The summed E-state index contributed by atoms with van der Waals surface area (Å²) in [4.78, 5) is 35.6. The van der Waals surface area contributed by atoms with Gasteiger partial charge < -0.3 is 0 Å². The van der Waals surface area contributed by atoms with E-state index in [9.17, 15) is 0 Å². The molecule has 0 fully saturated rings. The quantitative estimate of drug-likeness (QED) is 0.174. The molecule has 0 bridgehead atoms. The summed E-state index contributed by atoms with van der Waals surface area (Å²) >= 11 is 0. The van der Waals surface area contributed by atoms with E-state index in [0.29, 0.717) is 40.3 Å². The molecule has 0 radical (unpaired) electrons. The van der Waals surface area contributed by atoms with Crippen LogP contribution in [0.4, 0.5) is 0 Å². The Balaban J connectivity index is 1.24. The number of rotatable bonds is 5. The fourth-order valence-electron chi connectivity index (χ4n) is 9.08. The standard InChI is InChI=1S/C48H29N9/c1-3-14-30(15-4-1)48(31-16-5-2-6-17-31)39-25-8-7-18-32(39)33-19-9-20-38(40(33)48)41-53-46(56-42-34(21-10-26-49-42)35-22-11-27-50-43(35)56)55-47(54-41)57-44-36(23-12-28-51-44)37-24-13-29-52-45(37)57/h1-29H. The van der Waals surface area contributed by atoms with Crippen LogP contribution in [0, 0.1) is 0 Å². The van der Waals surface area contributed by atoms with E-state index < -0.39 is 5.41 Å². The molecule has 12 rings (SSSR count). The zero-order chi connectivity index (χ0) is 37.5. The maximum Gasteiger partial charge on any atom is 0.242 e. The van der Waals surface area contributed by atoms with Crippen LogP contribution in [0.3, 0.4) is 0 Å². The first-order valence-electron chi connectivity index (χ1n) is 18.8. The van der Waals surface area contributed by atoms with Crippen molar-refractivity contribution in [3.05, 3.63) is 199 Å². The summed E-state index contributed by atoms with van der Waals surface area (Å²) in [6, 6.07) is 52.7. The highest BCUT2D eigenvalue weighted by Gasteiger charge is 2.48. The highest BCUT2D eigenvalue weighted by Crippen LogP contribution is 2.58. The second-order valence-corrected chi connectivity index (χ2v) is 14.2. The van der Waals surface area contributed by atoms with Crippen LogP contribution in [0.15, 0.2) is 176 Å². The van der Waals surface area contributed by atoms with Crippen molar-refractivity contribution < 1.29 is 0 Å². The van der Waals surface area contributed by atoms with Gasteiger partial charge in [0.1, 0.15) is 22.6 Å². The molecule has 9 nitrogen and oxygen atoms in total. The van der Waals surface area contributed by atoms with Gasteiger partial charge in [-0.3, -0.25) is 0 Å². The number of hydrogen-bond acceptors (Lipinski definition) is 7. The number of aromatic nitrogens is 9. The maximum absolute atomic E-state index is 5.42. The third kappa shape index (κ3) is 4.36. The van der Waals surface area contributed by atoms with Crippen LogP contribution in [0.2, 0.25) is 0 Å². The van der Waals surface area contributed by atoms with E-state index in [1.165, 1.54) is 11.1 Å². The molecule has 0 aliphatic heterocycles. The second kappa shape index (κ2) is 12.0. The van der Waals surface area contributed by atoms with Crippen LogP contribution in [-0.2, 0) is 5.41 Å². The fourth-order valence-corrected chi connectivity index (χ4v) is 9.08. The van der Waals surface area contributed by atoms with E-state index in [2.05, 4.69) is 127 Å². The number of pyridine rings is 4. The Hall–Kier alpha value is -7.91. The Bertz CT molecular complexity index is 3090. The Morgan fingerprint density at radius 1 is 0.351 bits per heavy atom. The van der Waals surface area contributed by atoms with Crippen LogP contribution in [0.25, 0.3) is 78.5 Å². The Morgan fingerprint density at radius 3 is 1.26 bits per heavy atom. The summed E-state index contributed by atoms with van der Waals surface area (Å²) in [6.45, 7) is 0. The molecule has 1 aliphatic carbocycles. The average molecular weight is 732 g/mol. The van der Waals surface area contributed by atoms with Crippen molar-refractivity contribution in [2.75, 3.05) is 0 Å². The molecule has 57 heavy (non-hydrogen) atoms. The van der Waals surface area contributed by atoms with E-state index in [-0.39, 0.29) is 0 Å². The molecule has 7 heterocycles. The first kappa shape index (κ1) is 31.4. The summed E-state index contributed by atoms with van der Waals surface area (Å²) < 4.78 is 3.88. The number of benzene rings is 4. The van der Waals surface area contributed by atoms with Crippen molar-refractivity contribution in [1.29, 1.82) is 0 Å². The SMILES string of the molecule is c1ccc(C2(c3ccccc3)c3ccccc3-c3cccc(-c4nc(-n5c6ncccc6c6cccnc65)nc(-n5c6ncccc6c6cccnc65)n4)c32)cc1. The van der Waals surface area contributed by atoms with Crippen LogP contribution in [-0.4, -0.2) is 44.0 Å². The lowest BCUT2D eigenvalue weighted by atomic mass is 9.66. The minimum atomic E-state index is -0.691. The van der Waals surface area contributed by atoms with Crippen LogP contribution < -0.4 is 0 Å². The molecule has 9 heteroatoms. The first-order valence-corrected chi connectivity index (χ1v) is 18.8. The molecule has 0 N–H and O–H groups in total. The van der Waals surface area contributed by atoms with Gasteiger partial charge in [0.05, 0.1) is 5.41 Å². The van der Waals surface area contributed by atoms with E-state index in [4.69, 9.17) is 34.9 Å². The van der Waals surface area contributed by atoms with Crippen molar-refractivity contribution >= 4 is 44.1 Å². The zero-order valence-corrected chi connectivity index (χ0v) is 30.3. The van der Waals surface area contributed by atoms with Gasteiger partial charge in [0, 0.05) is 51.9 Å². The lowest BCUT2D eigenvalue weighted by Crippen LogP contribution is -2.29. The molecular formula is C48H29N9. The van der Waals surface area contributed by atoms with Crippen molar-refractivity contribution in [2.45, 2.75) is 5.41 Å². The summed E-state index contributed by atoms with van der Waals surface area (Å²) in [6.07, 6.45) is 7.15. The van der Waals surface area contributed by atoms with Gasteiger partial charge in [-0.1, -0.05) is 103 Å². The predicted octanol–water partition coefficient (Wildman–Crippen LogP) is 9.68. The normalized spacial score (nSPS) is 13.1. The molecule has 4 aromatic carbocycles. The highest BCUT2D eigenvalue weighted by molar-refractivity contribution is 6.07. The topological polar surface area (TPSA) is 100 Å². The number of hydrogen-bond donors (Lipinski definition) is 0. The van der Waals surface area contributed by atoms with E-state index >= 15 is 0 Å². The molecule has 7 aromatic heterocycles. The van der Waals surface area contributed by atoms with Crippen molar-refractivity contribution in [3.63, 3.8) is 0 Å². The lowest BCUT2D eigenvalue weighted by molar-refractivity contribution is 0.767. The highest BCUT2D eigenvalue weighted by atomic mass is 15.3. The van der Waals surface area contributed by atoms with Gasteiger partial charge in [0.25, 0.3) is 0 Å². The van der Waals surface area contributed by atoms with Crippen LogP contribution >= 0.6 is 0 Å². The van der Waals surface area contributed by atoms with Gasteiger partial charge >= 0.3 is 0 Å². The maximum atomic E-state index is 5.42. The summed E-state index contributed by atoms with van der Waals surface area (Å²) in [5, 5.41) is 3.81. The van der Waals surface area contributed by atoms with E-state index in [1.807, 2.05) is 33.4 Å². The van der Waals surface area contributed by atoms with Crippen molar-refractivity contribution in [3.8, 4) is 34.4 Å².